The van der Waals surface area contributed by atoms with Crippen molar-refractivity contribution in [1.82, 2.24) is 15.1 Å². The standard InChI is InChI=1S/C27H30N4O3/c1-4-14-34-24-11-12-25(20(2)16-24)26-22(19-31(30-26)23-9-6-5-7-10-23)17-21(18-28)27(32)29-13-8-15-33-3/h5-7,9-12,16-17,19H,4,8,13-15H2,1-3H3,(H,29,32)/b21-17+. The molecular weight excluding hydrogens is 428 g/mol. The molecule has 0 aliphatic carbocycles. The Hall–Kier alpha value is -3.89. The number of nitrogens with one attached hydrogen (secondary N) is 1. The fourth-order valence-electron chi connectivity index (χ4n) is 3.44. The van der Waals surface area contributed by atoms with Crippen LogP contribution in [-0.4, -0.2) is 42.6 Å². The first-order valence-corrected chi connectivity index (χ1v) is 11.3. The molecule has 3 rings (SSSR count). The van der Waals surface area contributed by atoms with Crippen LogP contribution in [0.1, 0.15) is 30.9 Å². The van der Waals surface area contributed by atoms with E-state index in [-0.39, 0.29) is 5.57 Å². The number of aryl methyl sites for hydroxylation is 1. The second kappa shape index (κ2) is 12.4. The minimum absolute atomic E-state index is 0.0202. The van der Waals surface area contributed by atoms with E-state index in [2.05, 4.69) is 12.2 Å². The zero-order chi connectivity index (χ0) is 24.3. The second-order valence-corrected chi connectivity index (χ2v) is 7.81. The molecule has 0 fully saturated rings. The predicted molar refractivity (Wildman–Crippen MR) is 133 cm³/mol. The second-order valence-electron chi connectivity index (χ2n) is 7.81. The summed E-state index contributed by atoms with van der Waals surface area (Å²) < 4.78 is 12.5. The average molecular weight is 459 g/mol. The van der Waals surface area contributed by atoms with E-state index in [4.69, 9.17) is 14.6 Å². The van der Waals surface area contributed by atoms with Crippen molar-refractivity contribution in [2.75, 3.05) is 26.9 Å². The molecule has 1 aromatic heterocycles. The van der Waals surface area contributed by atoms with Gasteiger partial charge in [0, 0.05) is 37.6 Å². The van der Waals surface area contributed by atoms with Crippen LogP contribution in [0.2, 0.25) is 0 Å². The van der Waals surface area contributed by atoms with Crippen LogP contribution in [0.3, 0.4) is 0 Å². The van der Waals surface area contributed by atoms with E-state index in [0.29, 0.717) is 37.4 Å². The molecule has 176 valence electrons. The van der Waals surface area contributed by atoms with Gasteiger partial charge in [-0.15, -0.1) is 0 Å². The maximum absolute atomic E-state index is 12.6. The molecule has 1 heterocycles. The van der Waals surface area contributed by atoms with Crippen LogP contribution >= 0.6 is 0 Å². The van der Waals surface area contributed by atoms with Crippen molar-refractivity contribution in [3.8, 4) is 28.8 Å². The minimum atomic E-state index is -0.419. The van der Waals surface area contributed by atoms with Crippen LogP contribution in [0.4, 0.5) is 0 Å². The van der Waals surface area contributed by atoms with Gasteiger partial charge in [0.15, 0.2) is 0 Å². The summed E-state index contributed by atoms with van der Waals surface area (Å²) in [6.45, 7) is 5.69. The first-order chi connectivity index (χ1) is 16.6. The highest BCUT2D eigenvalue weighted by Gasteiger charge is 2.16. The number of hydrogen-bond acceptors (Lipinski definition) is 5. The highest BCUT2D eigenvalue weighted by Crippen LogP contribution is 2.30. The smallest absolute Gasteiger partial charge is 0.261 e. The molecule has 0 unspecified atom stereocenters. The monoisotopic (exact) mass is 458 g/mol. The van der Waals surface area contributed by atoms with Gasteiger partial charge in [0.05, 0.1) is 12.3 Å². The molecule has 0 aliphatic rings. The molecule has 0 saturated carbocycles. The van der Waals surface area contributed by atoms with Crippen molar-refractivity contribution >= 4 is 12.0 Å². The first-order valence-electron chi connectivity index (χ1n) is 11.3. The first kappa shape index (κ1) is 24.7. The highest BCUT2D eigenvalue weighted by molar-refractivity contribution is 6.02. The Labute approximate surface area is 200 Å². The molecule has 3 aromatic rings. The summed E-state index contributed by atoms with van der Waals surface area (Å²) in [6, 6.07) is 17.6. The van der Waals surface area contributed by atoms with Crippen molar-refractivity contribution in [2.45, 2.75) is 26.7 Å². The Morgan fingerprint density at radius 2 is 2.00 bits per heavy atom. The molecule has 0 saturated heterocycles. The lowest BCUT2D eigenvalue weighted by molar-refractivity contribution is -0.117. The van der Waals surface area contributed by atoms with Crippen molar-refractivity contribution in [1.29, 1.82) is 5.26 Å². The van der Waals surface area contributed by atoms with E-state index in [1.807, 2.05) is 67.7 Å². The number of carbonyl (C=O) groups excluding carboxylic acids is 1. The Morgan fingerprint density at radius 1 is 1.21 bits per heavy atom. The predicted octanol–water partition coefficient (Wildman–Crippen LogP) is 4.70. The van der Waals surface area contributed by atoms with E-state index in [0.717, 1.165) is 29.0 Å². The van der Waals surface area contributed by atoms with Crippen molar-refractivity contribution in [3.05, 3.63) is 71.4 Å². The maximum Gasteiger partial charge on any atom is 0.261 e. The normalized spacial score (nSPS) is 11.2. The van der Waals surface area contributed by atoms with E-state index in [9.17, 15) is 10.1 Å². The third kappa shape index (κ3) is 6.33. The zero-order valence-electron chi connectivity index (χ0n) is 19.9. The van der Waals surface area contributed by atoms with E-state index in [1.165, 1.54) is 0 Å². The summed E-state index contributed by atoms with van der Waals surface area (Å²) >= 11 is 0. The summed E-state index contributed by atoms with van der Waals surface area (Å²) in [5, 5.41) is 17.3. The van der Waals surface area contributed by atoms with Crippen LogP contribution in [0.25, 0.3) is 23.0 Å². The number of methoxy groups -OCH3 is 1. The van der Waals surface area contributed by atoms with Crippen molar-refractivity contribution in [2.24, 2.45) is 0 Å². The number of ether oxygens (including phenoxy) is 2. The number of amides is 1. The summed E-state index contributed by atoms with van der Waals surface area (Å²) in [6.07, 6.45) is 5.03. The summed E-state index contributed by atoms with van der Waals surface area (Å²) in [4.78, 5) is 12.6. The lowest BCUT2D eigenvalue weighted by Gasteiger charge is -2.09. The van der Waals surface area contributed by atoms with Gasteiger partial charge < -0.3 is 14.8 Å². The molecule has 1 N–H and O–H groups in total. The Morgan fingerprint density at radius 3 is 2.68 bits per heavy atom. The molecule has 34 heavy (non-hydrogen) atoms. The quantitative estimate of drug-likeness (QED) is 0.256. The van der Waals surface area contributed by atoms with Gasteiger partial charge in [-0.1, -0.05) is 25.1 Å². The van der Waals surface area contributed by atoms with E-state index < -0.39 is 5.91 Å². The molecule has 7 nitrogen and oxygen atoms in total. The van der Waals surface area contributed by atoms with Crippen LogP contribution in [-0.2, 0) is 9.53 Å². The number of nitriles is 1. The van der Waals surface area contributed by atoms with Gasteiger partial charge in [-0.25, -0.2) is 4.68 Å². The van der Waals surface area contributed by atoms with Gasteiger partial charge in [-0.3, -0.25) is 4.79 Å². The van der Waals surface area contributed by atoms with Crippen LogP contribution in [0, 0.1) is 18.3 Å². The van der Waals surface area contributed by atoms with Crippen molar-refractivity contribution in [3.63, 3.8) is 0 Å². The number of carbonyl (C=O) groups is 1. The number of nitrogens with zero attached hydrogens (tertiary/aromatic N) is 3. The number of aromatic nitrogens is 2. The van der Waals surface area contributed by atoms with Gasteiger partial charge in [0.1, 0.15) is 23.1 Å². The topological polar surface area (TPSA) is 89.2 Å². The summed E-state index contributed by atoms with van der Waals surface area (Å²) in [5.41, 5.74) is 4.16. The van der Waals surface area contributed by atoms with Gasteiger partial charge in [-0.05, 0) is 61.7 Å². The van der Waals surface area contributed by atoms with Crippen LogP contribution in [0.15, 0.2) is 60.3 Å². The molecule has 0 aliphatic heterocycles. The SMILES string of the molecule is CCCOc1ccc(-c2nn(-c3ccccc3)cc2/C=C(\C#N)C(=O)NCCCOC)c(C)c1. The molecule has 0 spiro atoms. The largest absolute Gasteiger partial charge is 0.494 e. The third-order valence-electron chi connectivity index (χ3n) is 5.16. The lowest BCUT2D eigenvalue weighted by atomic mass is 10.0. The number of hydrogen-bond donors (Lipinski definition) is 1. The van der Waals surface area contributed by atoms with E-state index in [1.54, 1.807) is 17.9 Å². The molecular formula is C27H30N4O3. The fraction of sp³-hybridized carbons (Fsp3) is 0.296. The third-order valence-corrected chi connectivity index (χ3v) is 5.16. The van der Waals surface area contributed by atoms with Gasteiger partial charge >= 0.3 is 0 Å². The Balaban J connectivity index is 2.01. The van der Waals surface area contributed by atoms with Gasteiger partial charge in [-0.2, -0.15) is 10.4 Å². The molecule has 7 heteroatoms. The minimum Gasteiger partial charge on any atom is -0.494 e. The summed E-state index contributed by atoms with van der Waals surface area (Å²) in [5.74, 6) is 0.382. The van der Waals surface area contributed by atoms with E-state index >= 15 is 0 Å². The van der Waals surface area contributed by atoms with Crippen LogP contribution < -0.4 is 10.1 Å². The average Bonchev–Trinajstić information content (AvgIpc) is 3.28. The zero-order valence-corrected chi connectivity index (χ0v) is 19.9. The Kier molecular flexibility index (Phi) is 9.01. The van der Waals surface area contributed by atoms with Gasteiger partial charge in [0.2, 0.25) is 0 Å². The molecule has 0 radical (unpaired) electrons. The summed E-state index contributed by atoms with van der Waals surface area (Å²) in [7, 11) is 1.61. The maximum atomic E-state index is 12.6. The number of rotatable bonds is 11. The Bertz CT molecular complexity index is 1180. The molecule has 2 aromatic carbocycles. The van der Waals surface area contributed by atoms with Gasteiger partial charge in [0.25, 0.3) is 5.91 Å². The number of benzene rings is 2. The lowest BCUT2D eigenvalue weighted by Crippen LogP contribution is -2.26. The molecule has 0 bridgehead atoms. The molecule has 1 amide bonds. The van der Waals surface area contributed by atoms with Crippen molar-refractivity contribution < 1.29 is 14.3 Å². The number of para-hydroxylation sites is 1. The highest BCUT2D eigenvalue weighted by atomic mass is 16.5. The van der Waals surface area contributed by atoms with Crippen LogP contribution in [0.5, 0.6) is 5.75 Å². The molecule has 0 atom stereocenters. The fourth-order valence-corrected chi connectivity index (χ4v) is 3.44.